The largest absolute Gasteiger partial charge is 0.497 e. The van der Waals surface area contributed by atoms with Crippen LogP contribution in [0, 0.1) is 6.92 Å². The molecule has 4 rings (SSSR count). The lowest BCUT2D eigenvalue weighted by atomic mass is 10.0. The predicted molar refractivity (Wildman–Crippen MR) is 111 cm³/mol. The van der Waals surface area contributed by atoms with Crippen molar-refractivity contribution >= 4 is 5.91 Å². The van der Waals surface area contributed by atoms with Gasteiger partial charge in [0.25, 0.3) is 0 Å². The molecule has 0 radical (unpaired) electrons. The highest BCUT2D eigenvalue weighted by atomic mass is 16.5. The van der Waals surface area contributed by atoms with E-state index in [1.807, 2.05) is 48.7 Å². The number of aromatic nitrogens is 7. The minimum absolute atomic E-state index is 0.185. The molecule has 0 saturated carbocycles. The van der Waals surface area contributed by atoms with E-state index in [2.05, 4.69) is 30.9 Å². The summed E-state index contributed by atoms with van der Waals surface area (Å²) in [6.07, 6.45) is 5.62. The highest BCUT2D eigenvalue weighted by Crippen LogP contribution is 2.19. The van der Waals surface area contributed by atoms with E-state index in [1.54, 1.807) is 31.1 Å². The van der Waals surface area contributed by atoms with Crippen molar-refractivity contribution in [3.8, 4) is 11.6 Å². The van der Waals surface area contributed by atoms with Gasteiger partial charge >= 0.3 is 0 Å². The molecule has 1 atom stereocenters. The zero-order chi connectivity index (χ0) is 21.6. The van der Waals surface area contributed by atoms with Crippen molar-refractivity contribution < 1.29 is 9.53 Å². The number of nitrogens with zero attached hydrogens (tertiary/aromatic N) is 7. The summed E-state index contributed by atoms with van der Waals surface area (Å²) in [7, 11) is 1.61. The first kappa shape index (κ1) is 20.2. The number of pyridine rings is 1. The van der Waals surface area contributed by atoms with Gasteiger partial charge in [0.05, 0.1) is 7.11 Å². The number of carbonyl (C=O) groups is 1. The van der Waals surface area contributed by atoms with Crippen molar-refractivity contribution in [3.63, 3.8) is 0 Å². The van der Waals surface area contributed by atoms with Gasteiger partial charge in [-0.2, -0.15) is 5.10 Å². The van der Waals surface area contributed by atoms with Gasteiger partial charge in [0.15, 0.2) is 5.82 Å². The monoisotopic (exact) mass is 418 g/mol. The second kappa shape index (κ2) is 9.16. The second-order valence-electron chi connectivity index (χ2n) is 6.93. The van der Waals surface area contributed by atoms with Gasteiger partial charge in [0.1, 0.15) is 17.6 Å². The number of ether oxygens (including phenoxy) is 1. The SMILES string of the molecule is COc1cccc(C[C@@H](C(=O)NCc2ccnc(-n3cccn3)c2)n2nnnc2C)c1. The summed E-state index contributed by atoms with van der Waals surface area (Å²) < 4.78 is 8.50. The minimum Gasteiger partial charge on any atom is -0.497 e. The van der Waals surface area contributed by atoms with Gasteiger partial charge in [-0.1, -0.05) is 12.1 Å². The van der Waals surface area contributed by atoms with Crippen LogP contribution in [0.5, 0.6) is 5.75 Å². The molecule has 0 bridgehead atoms. The van der Waals surface area contributed by atoms with Gasteiger partial charge in [-0.15, -0.1) is 5.10 Å². The summed E-state index contributed by atoms with van der Waals surface area (Å²) in [6, 6.07) is 12.6. The second-order valence-corrected chi connectivity index (χ2v) is 6.93. The molecular formula is C21H22N8O2. The summed E-state index contributed by atoms with van der Waals surface area (Å²) >= 11 is 0. The average molecular weight is 418 g/mol. The Bertz CT molecular complexity index is 1160. The molecule has 0 aliphatic carbocycles. The number of methoxy groups -OCH3 is 1. The topological polar surface area (TPSA) is 113 Å². The van der Waals surface area contributed by atoms with Crippen molar-refractivity contribution in [1.29, 1.82) is 0 Å². The van der Waals surface area contributed by atoms with Crippen molar-refractivity contribution in [2.24, 2.45) is 0 Å². The van der Waals surface area contributed by atoms with Gasteiger partial charge in [0.2, 0.25) is 5.91 Å². The van der Waals surface area contributed by atoms with E-state index < -0.39 is 6.04 Å². The molecule has 0 spiro atoms. The number of benzene rings is 1. The maximum Gasteiger partial charge on any atom is 0.245 e. The van der Waals surface area contributed by atoms with Crippen LogP contribution in [0.15, 0.2) is 61.1 Å². The maximum absolute atomic E-state index is 13.1. The lowest BCUT2D eigenvalue weighted by molar-refractivity contribution is -0.124. The fourth-order valence-electron chi connectivity index (χ4n) is 3.25. The van der Waals surface area contributed by atoms with Crippen LogP contribution >= 0.6 is 0 Å². The Hall–Kier alpha value is -4.08. The smallest absolute Gasteiger partial charge is 0.245 e. The first-order chi connectivity index (χ1) is 15.1. The molecule has 1 aromatic carbocycles. The Morgan fingerprint density at radius 1 is 1.16 bits per heavy atom. The van der Waals surface area contributed by atoms with Gasteiger partial charge in [0, 0.05) is 31.6 Å². The number of aryl methyl sites for hydroxylation is 1. The highest BCUT2D eigenvalue weighted by Gasteiger charge is 2.24. The maximum atomic E-state index is 13.1. The van der Waals surface area contributed by atoms with Gasteiger partial charge in [-0.05, 0) is 58.8 Å². The molecule has 4 aromatic rings. The van der Waals surface area contributed by atoms with Crippen LogP contribution in [-0.2, 0) is 17.8 Å². The summed E-state index contributed by atoms with van der Waals surface area (Å²) in [6.45, 7) is 2.11. The fourth-order valence-corrected chi connectivity index (χ4v) is 3.25. The third kappa shape index (κ3) is 4.74. The number of hydrogen-bond acceptors (Lipinski definition) is 7. The van der Waals surface area contributed by atoms with E-state index >= 15 is 0 Å². The van der Waals surface area contributed by atoms with E-state index in [0.29, 0.717) is 24.6 Å². The number of carbonyl (C=O) groups excluding carboxylic acids is 1. The van der Waals surface area contributed by atoms with Crippen LogP contribution in [0.1, 0.15) is 23.0 Å². The van der Waals surface area contributed by atoms with Gasteiger partial charge < -0.3 is 10.1 Å². The predicted octanol–water partition coefficient (Wildman–Crippen LogP) is 1.67. The van der Waals surface area contributed by atoms with Crippen molar-refractivity contribution in [2.75, 3.05) is 7.11 Å². The van der Waals surface area contributed by atoms with Gasteiger partial charge in [-0.3, -0.25) is 4.79 Å². The van der Waals surface area contributed by atoms with Crippen molar-refractivity contribution in [3.05, 3.63) is 78.0 Å². The third-order valence-corrected chi connectivity index (χ3v) is 4.83. The molecule has 3 aromatic heterocycles. The Morgan fingerprint density at radius 2 is 2.06 bits per heavy atom. The van der Waals surface area contributed by atoms with Crippen LogP contribution in [0.25, 0.3) is 5.82 Å². The highest BCUT2D eigenvalue weighted by molar-refractivity contribution is 5.80. The molecule has 0 aliphatic heterocycles. The summed E-state index contributed by atoms with van der Waals surface area (Å²) in [5, 5.41) is 18.8. The molecular weight excluding hydrogens is 396 g/mol. The summed E-state index contributed by atoms with van der Waals surface area (Å²) in [5.74, 6) is 1.79. The van der Waals surface area contributed by atoms with E-state index in [-0.39, 0.29) is 5.91 Å². The molecule has 158 valence electrons. The average Bonchev–Trinajstić information content (AvgIpc) is 3.48. The number of hydrogen-bond donors (Lipinski definition) is 1. The molecule has 0 aliphatic rings. The number of amides is 1. The molecule has 0 saturated heterocycles. The fraction of sp³-hybridized carbons (Fsp3) is 0.238. The quantitative estimate of drug-likeness (QED) is 0.463. The zero-order valence-electron chi connectivity index (χ0n) is 17.2. The lowest BCUT2D eigenvalue weighted by Gasteiger charge is -2.18. The molecule has 0 unspecified atom stereocenters. The molecule has 10 nitrogen and oxygen atoms in total. The Balaban J connectivity index is 1.51. The van der Waals surface area contributed by atoms with E-state index in [0.717, 1.165) is 16.9 Å². The first-order valence-electron chi connectivity index (χ1n) is 9.74. The Labute approximate surface area is 178 Å². The molecule has 0 fully saturated rings. The zero-order valence-corrected chi connectivity index (χ0v) is 17.2. The molecule has 3 heterocycles. The van der Waals surface area contributed by atoms with Crippen LogP contribution in [0.2, 0.25) is 0 Å². The number of rotatable bonds is 8. The van der Waals surface area contributed by atoms with E-state index in [9.17, 15) is 4.79 Å². The van der Waals surface area contributed by atoms with Gasteiger partial charge in [-0.25, -0.2) is 14.3 Å². The van der Waals surface area contributed by atoms with Crippen LogP contribution in [0.4, 0.5) is 0 Å². The first-order valence-corrected chi connectivity index (χ1v) is 9.74. The third-order valence-electron chi connectivity index (χ3n) is 4.83. The Morgan fingerprint density at radius 3 is 2.81 bits per heavy atom. The normalized spacial score (nSPS) is 11.8. The Kier molecular flexibility index (Phi) is 5.97. The number of tetrazole rings is 1. The van der Waals surface area contributed by atoms with Crippen LogP contribution in [-0.4, -0.2) is 48.0 Å². The molecule has 1 amide bonds. The number of nitrogens with one attached hydrogen (secondary N) is 1. The van der Waals surface area contributed by atoms with E-state index in [4.69, 9.17) is 4.74 Å². The van der Waals surface area contributed by atoms with E-state index in [1.165, 1.54) is 4.68 Å². The molecule has 10 heteroatoms. The molecule has 31 heavy (non-hydrogen) atoms. The van der Waals surface area contributed by atoms with Crippen molar-refractivity contribution in [1.82, 2.24) is 40.3 Å². The summed E-state index contributed by atoms with van der Waals surface area (Å²) in [4.78, 5) is 17.5. The van der Waals surface area contributed by atoms with Crippen molar-refractivity contribution in [2.45, 2.75) is 25.9 Å². The standard InChI is InChI=1S/C21H22N8O2/c1-15-25-26-27-29(15)19(12-16-5-3-6-18(11-16)31-2)21(30)23-14-17-7-9-22-20(13-17)28-10-4-8-24-28/h3-11,13,19H,12,14H2,1-2H3,(H,23,30)/t19-/m0/s1. The molecule has 1 N–H and O–H groups in total. The summed E-state index contributed by atoms with van der Waals surface area (Å²) in [5.41, 5.74) is 1.85. The van der Waals surface area contributed by atoms with Crippen LogP contribution < -0.4 is 10.1 Å². The van der Waals surface area contributed by atoms with Crippen LogP contribution in [0.3, 0.4) is 0 Å². The minimum atomic E-state index is -0.602. The lowest BCUT2D eigenvalue weighted by Crippen LogP contribution is -2.34.